The summed E-state index contributed by atoms with van der Waals surface area (Å²) in [5.41, 5.74) is 1.20. The van der Waals surface area contributed by atoms with E-state index in [1.54, 1.807) is 6.07 Å². The lowest BCUT2D eigenvalue weighted by Crippen LogP contribution is -2.44. The van der Waals surface area contributed by atoms with Gasteiger partial charge in [-0.25, -0.2) is 4.39 Å². The maximum atomic E-state index is 13.1. The van der Waals surface area contributed by atoms with Gasteiger partial charge in [0, 0.05) is 19.4 Å². The van der Waals surface area contributed by atoms with Gasteiger partial charge in [0.15, 0.2) is 0 Å². The first-order valence-corrected chi connectivity index (χ1v) is 6.99. The van der Waals surface area contributed by atoms with Crippen LogP contribution in [-0.4, -0.2) is 23.4 Å². The number of halogens is 1. The topological polar surface area (TPSA) is 29.5 Å². The highest BCUT2D eigenvalue weighted by molar-refractivity contribution is 5.28. The number of hydrogen-bond acceptors (Lipinski definition) is 2. The van der Waals surface area contributed by atoms with Crippen molar-refractivity contribution in [2.45, 2.75) is 51.7 Å². The zero-order valence-electron chi connectivity index (χ0n) is 11.9. The Bertz CT molecular complexity index is 444. The van der Waals surface area contributed by atoms with E-state index in [1.807, 2.05) is 6.92 Å². The first kappa shape index (κ1) is 14.5. The molecule has 1 aliphatic rings. The van der Waals surface area contributed by atoms with Gasteiger partial charge in [0.1, 0.15) is 5.82 Å². The van der Waals surface area contributed by atoms with Crippen molar-refractivity contribution in [3.8, 4) is 0 Å². The Morgan fingerprint density at radius 3 is 2.84 bits per heavy atom. The molecule has 0 aliphatic carbocycles. The van der Waals surface area contributed by atoms with Gasteiger partial charge in [-0.2, -0.15) is 0 Å². The Morgan fingerprint density at radius 2 is 2.21 bits per heavy atom. The van der Waals surface area contributed by atoms with Crippen LogP contribution >= 0.6 is 0 Å². The van der Waals surface area contributed by atoms with Crippen LogP contribution in [0.1, 0.15) is 37.8 Å². The minimum atomic E-state index is -0.726. The molecule has 0 radical (unpaired) electrons. The average Bonchev–Trinajstić information content (AvgIpc) is 2.33. The van der Waals surface area contributed by atoms with E-state index >= 15 is 0 Å². The SMILES string of the molecule is Cc1cc(F)ccc1CC1(O)CCOC(C(C)C)C1. The summed E-state index contributed by atoms with van der Waals surface area (Å²) in [6.07, 6.45) is 1.99. The largest absolute Gasteiger partial charge is 0.389 e. The average molecular weight is 266 g/mol. The van der Waals surface area contributed by atoms with Gasteiger partial charge in [0.25, 0.3) is 0 Å². The van der Waals surface area contributed by atoms with Gasteiger partial charge < -0.3 is 9.84 Å². The van der Waals surface area contributed by atoms with Crippen molar-refractivity contribution in [2.24, 2.45) is 5.92 Å². The molecule has 0 aromatic heterocycles. The number of ether oxygens (including phenoxy) is 1. The van der Waals surface area contributed by atoms with Gasteiger partial charge in [-0.1, -0.05) is 19.9 Å². The second-order valence-electron chi connectivity index (χ2n) is 6.08. The van der Waals surface area contributed by atoms with Crippen LogP contribution in [0.15, 0.2) is 18.2 Å². The Labute approximate surface area is 114 Å². The highest BCUT2D eigenvalue weighted by Gasteiger charge is 2.36. The van der Waals surface area contributed by atoms with Gasteiger partial charge in [-0.3, -0.25) is 0 Å². The van der Waals surface area contributed by atoms with Crippen LogP contribution in [0.3, 0.4) is 0 Å². The highest BCUT2D eigenvalue weighted by atomic mass is 19.1. The van der Waals surface area contributed by atoms with Gasteiger partial charge in [-0.05, 0) is 42.5 Å². The highest BCUT2D eigenvalue weighted by Crippen LogP contribution is 2.32. The zero-order valence-corrected chi connectivity index (χ0v) is 11.9. The molecule has 0 amide bonds. The molecule has 1 N–H and O–H groups in total. The molecule has 1 aromatic carbocycles. The van der Waals surface area contributed by atoms with E-state index in [-0.39, 0.29) is 11.9 Å². The molecule has 2 nitrogen and oxygen atoms in total. The lowest BCUT2D eigenvalue weighted by molar-refractivity contribution is -0.116. The molecule has 2 unspecified atom stereocenters. The fourth-order valence-corrected chi connectivity index (χ4v) is 2.74. The summed E-state index contributed by atoms with van der Waals surface area (Å²) in [7, 11) is 0. The van der Waals surface area contributed by atoms with E-state index in [2.05, 4.69) is 13.8 Å². The molecule has 1 saturated heterocycles. The second-order valence-corrected chi connectivity index (χ2v) is 6.08. The normalized spacial score (nSPS) is 27.8. The fraction of sp³-hybridized carbons (Fsp3) is 0.625. The summed E-state index contributed by atoms with van der Waals surface area (Å²) < 4.78 is 18.8. The maximum Gasteiger partial charge on any atom is 0.123 e. The lowest BCUT2D eigenvalue weighted by atomic mass is 9.81. The molecular formula is C16H23FO2. The third-order valence-electron chi connectivity index (χ3n) is 4.05. The van der Waals surface area contributed by atoms with Crippen molar-refractivity contribution >= 4 is 0 Å². The first-order chi connectivity index (χ1) is 8.89. The van der Waals surface area contributed by atoms with Crippen LogP contribution in [0.2, 0.25) is 0 Å². The van der Waals surface area contributed by atoms with Crippen LogP contribution in [-0.2, 0) is 11.2 Å². The Kier molecular flexibility index (Phi) is 4.26. The van der Waals surface area contributed by atoms with E-state index in [4.69, 9.17) is 4.74 Å². The molecule has 2 rings (SSSR count). The van der Waals surface area contributed by atoms with Gasteiger partial charge in [0.2, 0.25) is 0 Å². The van der Waals surface area contributed by atoms with E-state index in [0.29, 0.717) is 31.8 Å². The van der Waals surface area contributed by atoms with E-state index in [9.17, 15) is 9.50 Å². The molecule has 1 heterocycles. The van der Waals surface area contributed by atoms with E-state index in [0.717, 1.165) is 11.1 Å². The van der Waals surface area contributed by atoms with Crippen LogP contribution in [0.4, 0.5) is 4.39 Å². The predicted octanol–water partition coefficient (Wildman–Crippen LogP) is 3.24. The number of rotatable bonds is 3. The molecule has 1 aliphatic heterocycles. The minimum Gasteiger partial charge on any atom is -0.389 e. The van der Waals surface area contributed by atoms with E-state index in [1.165, 1.54) is 12.1 Å². The Morgan fingerprint density at radius 1 is 1.47 bits per heavy atom. The number of benzene rings is 1. The zero-order chi connectivity index (χ0) is 14.0. The van der Waals surface area contributed by atoms with Crippen molar-refractivity contribution in [2.75, 3.05) is 6.61 Å². The van der Waals surface area contributed by atoms with Crippen LogP contribution in [0.25, 0.3) is 0 Å². The van der Waals surface area contributed by atoms with Gasteiger partial charge in [0.05, 0.1) is 11.7 Å². The summed E-state index contributed by atoms with van der Waals surface area (Å²) in [5, 5.41) is 10.8. The molecule has 3 heteroatoms. The molecule has 106 valence electrons. The number of aryl methyl sites for hydroxylation is 1. The van der Waals surface area contributed by atoms with Crippen molar-refractivity contribution in [3.05, 3.63) is 35.1 Å². The minimum absolute atomic E-state index is 0.111. The first-order valence-electron chi connectivity index (χ1n) is 6.99. The predicted molar refractivity (Wildman–Crippen MR) is 73.6 cm³/mol. The van der Waals surface area contributed by atoms with Crippen molar-refractivity contribution < 1.29 is 14.2 Å². The Balaban J connectivity index is 2.12. The molecule has 2 atom stereocenters. The van der Waals surface area contributed by atoms with Crippen molar-refractivity contribution in [1.82, 2.24) is 0 Å². The van der Waals surface area contributed by atoms with Gasteiger partial charge >= 0.3 is 0 Å². The third-order valence-corrected chi connectivity index (χ3v) is 4.05. The van der Waals surface area contributed by atoms with Crippen molar-refractivity contribution in [1.29, 1.82) is 0 Å². The molecular weight excluding hydrogens is 243 g/mol. The van der Waals surface area contributed by atoms with Crippen LogP contribution < -0.4 is 0 Å². The second kappa shape index (κ2) is 5.59. The molecule has 0 spiro atoms. The molecule has 0 bridgehead atoms. The van der Waals surface area contributed by atoms with Gasteiger partial charge in [-0.15, -0.1) is 0 Å². The quantitative estimate of drug-likeness (QED) is 0.910. The summed E-state index contributed by atoms with van der Waals surface area (Å²) in [5.74, 6) is 0.182. The summed E-state index contributed by atoms with van der Waals surface area (Å²) in [6, 6.07) is 4.77. The summed E-state index contributed by atoms with van der Waals surface area (Å²) >= 11 is 0. The van der Waals surface area contributed by atoms with Crippen LogP contribution in [0, 0.1) is 18.7 Å². The Hall–Kier alpha value is -0.930. The monoisotopic (exact) mass is 266 g/mol. The van der Waals surface area contributed by atoms with E-state index < -0.39 is 5.60 Å². The maximum absolute atomic E-state index is 13.1. The number of aliphatic hydroxyl groups is 1. The summed E-state index contributed by atoms with van der Waals surface area (Å²) in [4.78, 5) is 0. The van der Waals surface area contributed by atoms with Crippen molar-refractivity contribution in [3.63, 3.8) is 0 Å². The molecule has 0 saturated carbocycles. The molecule has 1 fully saturated rings. The number of hydrogen-bond donors (Lipinski definition) is 1. The molecule has 1 aromatic rings. The third kappa shape index (κ3) is 3.54. The lowest BCUT2D eigenvalue weighted by Gasteiger charge is -2.39. The van der Waals surface area contributed by atoms with Crippen LogP contribution in [0.5, 0.6) is 0 Å². The smallest absolute Gasteiger partial charge is 0.123 e. The molecule has 19 heavy (non-hydrogen) atoms. The fourth-order valence-electron chi connectivity index (χ4n) is 2.74. The standard InChI is InChI=1S/C16H23FO2/c1-11(2)15-10-16(18,6-7-19-15)9-13-4-5-14(17)8-12(13)3/h4-5,8,11,15,18H,6-7,9-10H2,1-3H3. The summed E-state index contributed by atoms with van der Waals surface area (Å²) in [6.45, 7) is 6.71.